The van der Waals surface area contributed by atoms with Crippen molar-refractivity contribution in [2.45, 2.75) is 19.4 Å². The zero-order valence-corrected chi connectivity index (χ0v) is 9.71. The number of non-ortho nitro benzene ring substituents is 1. The van der Waals surface area contributed by atoms with Crippen LogP contribution in [0.25, 0.3) is 0 Å². The summed E-state index contributed by atoms with van der Waals surface area (Å²) in [7, 11) is 0. The molecular formula is C11H12N2O5. The summed E-state index contributed by atoms with van der Waals surface area (Å²) >= 11 is 0. The zero-order chi connectivity index (χ0) is 13.1. The smallest absolute Gasteiger partial charge is 0.307 e. The van der Waals surface area contributed by atoms with E-state index in [4.69, 9.17) is 9.57 Å². The maximum atomic E-state index is 11.4. The summed E-state index contributed by atoms with van der Waals surface area (Å²) in [6.45, 7) is 2.02. The largest absolute Gasteiger partial charge is 0.466 e. The van der Waals surface area contributed by atoms with Gasteiger partial charge in [0, 0.05) is 17.7 Å². The zero-order valence-electron chi connectivity index (χ0n) is 9.71. The standard InChI is InChI=1S/C11H12N2O5/c1-2-17-11(14)6-9-8-5-7(13(15)16)3-4-10(8)18-12-9/h3-5,9,12H,2,6H2,1H3. The van der Waals surface area contributed by atoms with Crippen molar-refractivity contribution in [2.24, 2.45) is 0 Å². The van der Waals surface area contributed by atoms with Crippen LogP contribution in [0.4, 0.5) is 5.69 Å². The highest BCUT2D eigenvalue weighted by Crippen LogP contribution is 2.35. The number of hydroxylamine groups is 1. The summed E-state index contributed by atoms with van der Waals surface area (Å²) in [6, 6.07) is 3.84. The molecule has 0 fully saturated rings. The number of nitrogens with zero attached hydrogens (tertiary/aromatic N) is 1. The molecule has 0 amide bonds. The van der Waals surface area contributed by atoms with E-state index in [0.717, 1.165) is 0 Å². The summed E-state index contributed by atoms with van der Waals surface area (Å²) in [5.74, 6) is 0.118. The Morgan fingerprint density at radius 1 is 1.61 bits per heavy atom. The van der Waals surface area contributed by atoms with Crippen molar-refractivity contribution in [3.05, 3.63) is 33.9 Å². The molecular weight excluding hydrogens is 240 g/mol. The van der Waals surface area contributed by atoms with E-state index in [-0.39, 0.29) is 18.1 Å². The molecule has 0 bridgehead atoms. The molecule has 1 aliphatic heterocycles. The summed E-state index contributed by atoms with van der Waals surface area (Å²) in [5.41, 5.74) is 3.22. The SMILES string of the molecule is CCOC(=O)CC1NOc2ccc([N+](=O)[O-])cc21. The van der Waals surface area contributed by atoms with Crippen molar-refractivity contribution in [3.8, 4) is 5.75 Å². The van der Waals surface area contributed by atoms with Gasteiger partial charge in [0.05, 0.1) is 24.0 Å². The number of hydrogen-bond acceptors (Lipinski definition) is 6. The molecule has 0 saturated heterocycles. The van der Waals surface area contributed by atoms with Gasteiger partial charge in [-0.1, -0.05) is 0 Å². The summed E-state index contributed by atoms with van der Waals surface area (Å²) in [4.78, 5) is 26.7. The van der Waals surface area contributed by atoms with E-state index in [0.29, 0.717) is 17.9 Å². The molecule has 7 nitrogen and oxygen atoms in total. The average Bonchev–Trinajstić information content (AvgIpc) is 2.72. The van der Waals surface area contributed by atoms with E-state index in [1.54, 1.807) is 6.92 Å². The lowest BCUT2D eigenvalue weighted by molar-refractivity contribution is -0.384. The molecule has 1 heterocycles. The molecule has 1 atom stereocenters. The number of rotatable bonds is 4. The minimum atomic E-state index is -0.486. The molecule has 1 aliphatic rings. The second kappa shape index (κ2) is 5.01. The fourth-order valence-corrected chi connectivity index (χ4v) is 1.75. The van der Waals surface area contributed by atoms with Gasteiger partial charge in [0.15, 0.2) is 5.75 Å². The Kier molecular flexibility index (Phi) is 3.42. The van der Waals surface area contributed by atoms with E-state index in [1.807, 2.05) is 0 Å². The Bertz CT molecular complexity index is 488. The Balaban J connectivity index is 2.18. The number of nitro benzene ring substituents is 1. The van der Waals surface area contributed by atoms with Gasteiger partial charge in [-0.3, -0.25) is 14.9 Å². The van der Waals surface area contributed by atoms with Gasteiger partial charge in [0.2, 0.25) is 0 Å². The monoisotopic (exact) mass is 252 g/mol. The number of nitro groups is 1. The van der Waals surface area contributed by atoms with Crippen LogP contribution in [0.15, 0.2) is 18.2 Å². The van der Waals surface area contributed by atoms with Gasteiger partial charge in [-0.05, 0) is 13.0 Å². The quantitative estimate of drug-likeness (QED) is 0.496. The molecule has 1 N–H and O–H groups in total. The predicted molar refractivity (Wildman–Crippen MR) is 60.9 cm³/mol. The number of fused-ring (bicyclic) bond motifs is 1. The maximum absolute atomic E-state index is 11.4. The molecule has 1 unspecified atom stereocenters. The van der Waals surface area contributed by atoms with E-state index < -0.39 is 11.0 Å². The highest BCUT2D eigenvalue weighted by Gasteiger charge is 2.28. The summed E-state index contributed by atoms with van der Waals surface area (Å²) in [6.07, 6.45) is 0.0714. The van der Waals surface area contributed by atoms with E-state index in [2.05, 4.69) is 5.48 Å². The van der Waals surface area contributed by atoms with E-state index in [1.165, 1.54) is 18.2 Å². The van der Waals surface area contributed by atoms with E-state index in [9.17, 15) is 14.9 Å². The molecule has 96 valence electrons. The second-order valence-corrected chi connectivity index (χ2v) is 3.76. The lowest BCUT2D eigenvalue weighted by atomic mass is 10.0. The van der Waals surface area contributed by atoms with Crippen LogP contribution in [0.5, 0.6) is 5.75 Å². The number of carbonyl (C=O) groups excluding carboxylic acids is 1. The third-order valence-electron chi connectivity index (χ3n) is 2.57. The Morgan fingerprint density at radius 2 is 2.39 bits per heavy atom. The lowest BCUT2D eigenvalue weighted by Gasteiger charge is -2.08. The maximum Gasteiger partial charge on any atom is 0.307 e. The van der Waals surface area contributed by atoms with Gasteiger partial charge in [0.25, 0.3) is 5.69 Å². The number of benzene rings is 1. The Morgan fingerprint density at radius 3 is 3.06 bits per heavy atom. The first-order chi connectivity index (χ1) is 8.61. The summed E-state index contributed by atoms with van der Waals surface area (Å²) < 4.78 is 4.83. The molecule has 2 rings (SSSR count). The first-order valence-electron chi connectivity index (χ1n) is 5.48. The second-order valence-electron chi connectivity index (χ2n) is 3.76. The van der Waals surface area contributed by atoms with Gasteiger partial charge >= 0.3 is 5.97 Å². The van der Waals surface area contributed by atoms with Crippen molar-refractivity contribution in [1.82, 2.24) is 5.48 Å². The number of ether oxygens (including phenoxy) is 1. The third kappa shape index (κ3) is 2.40. The molecule has 0 spiro atoms. The van der Waals surface area contributed by atoms with Crippen LogP contribution in [0.1, 0.15) is 24.9 Å². The molecule has 18 heavy (non-hydrogen) atoms. The lowest BCUT2D eigenvalue weighted by Crippen LogP contribution is -2.21. The van der Waals surface area contributed by atoms with Crippen molar-refractivity contribution in [2.75, 3.05) is 6.61 Å². The molecule has 0 radical (unpaired) electrons. The van der Waals surface area contributed by atoms with Gasteiger partial charge < -0.3 is 9.57 Å². The van der Waals surface area contributed by atoms with Crippen LogP contribution in [0, 0.1) is 10.1 Å². The molecule has 0 aliphatic carbocycles. The molecule has 7 heteroatoms. The Hall–Kier alpha value is -2.15. The topological polar surface area (TPSA) is 90.7 Å². The number of carbonyl (C=O) groups is 1. The van der Waals surface area contributed by atoms with Crippen LogP contribution in [-0.4, -0.2) is 17.5 Å². The minimum absolute atomic E-state index is 0.0325. The fourth-order valence-electron chi connectivity index (χ4n) is 1.75. The third-order valence-corrected chi connectivity index (χ3v) is 2.57. The van der Waals surface area contributed by atoms with Crippen LogP contribution in [0.3, 0.4) is 0 Å². The van der Waals surface area contributed by atoms with Crippen LogP contribution < -0.4 is 10.3 Å². The predicted octanol–water partition coefficient (Wildman–Crippen LogP) is 1.49. The normalized spacial score (nSPS) is 16.8. The van der Waals surface area contributed by atoms with Crippen LogP contribution >= 0.6 is 0 Å². The molecule has 0 aromatic heterocycles. The van der Waals surface area contributed by atoms with Gasteiger partial charge in [-0.25, -0.2) is 0 Å². The number of esters is 1. The highest BCUT2D eigenvalue weighted by molar-refractivity contribution is 5.71. The average molecular weight is 252 g/mol. The fraction of sp³-hybridized carbons (Fsp3) is 0.364. The van der Waals surface area contributed by atoms with Gasteiger partial charge in [0.1, 0.15) is 0 Å². The summed E-state index contributed by atoms with van der Waals surface area (Å²) in [5, 5.41) is 10.7. The number of nitrogens with one attached hydrogen (secondary N) is 1. The van der Waals surface area contributed by atoms with Crippen molar-refractivity contribution >= 4 is 11.7 Å². The van der Waals surface area contributed by atoms with Crippen molar-refractivity contribution in [3.63, 3.8) is 0 Å². The van der Waals surface area contributed by atoms with Gasteiger partial charge in [-0.15, -0.1) is 5.48 Å². The molecule has 1 aromatic rings. The van der Waals surface area contributed by atoms with E-state index >= 15 is 0 Å². The first kappa shape index (κ1) is 12.3. The Labute approximate surface area is 103 Å². The highest BCUT2D eigenvalue weighted by atomic mass is 16.7. The minimum Gasteiger partial charge on any atom is -0.466 e. The van der Waals surface area contributed by atoms with Crippen molar-refractivity contribution < 1.29 is 19.3 Å². The van der Waals surface area contributed by atoms with Crippen molar-refractivity contribution in [1.29, 1.82) is 0 Å². The van der Waals surface area contributed by atoms with Crippen LogP contribution in [0.2, 0.25) is 0 Å². The molecule has 0 saturated carbocycles. The number of hydrogen-bond donors (Lipinski definition) is 1. The molecule has 1 aromatic carbocycles. The van der Waals surface area contributed by atoms with Gasteiger partial charge in [-0.2, -0.15) is 0 Å². The first-order valence-corrected chi connectivity index (χ1v) is 5.48. The van der Waals surface area contributed by atoms with Crippen LogP contribution in [-0.2, 0) is 9.53 Å².